The fourth-order valence-corrected chi connectivity index (χ4v) is 5.72. The van der Waals surface area contributed by atoms with Gasteiger partial charge in [0, 0.05) is 19.2 Å². The molecule has 0 N–H and O–H groups in total. The summed E-state index contributed by atoms with van der Waals surface area (Å²) >= 11 is 0.954. The highest BCUT2D eigenvalue weighted by molar-refractivity contribution is 8.00. The Morgan fingerprint density at radius 1 is 1.33 bits per heavy atom. The number of rotatable bonds is 7. The van der Waals surface area contributed by atoms with Crippen molar-refractivity contribution in [3.63, 3.8) is 0 Å². The molecular weight excluding hydrogens is 392 g/mol. The van der Waals surface area contributed by atoms with E-state index in [0.29, 0.717) is 13.1 Å². The first-order valence-corrected chi connectivity index (χ1v) is 11.1. The smallest absolute Gasteiger partial charge is 0.316 e. The molecule has 0 spiro atoms. The van der Waals surface area contributed by atoms with Gasteiger partial charge in [-0.05, 0) is 37.3 Å². The van der Waals surface area contributed by atoms with Crippen LogP contribution in [0, 0.1) is 22.0 Å². The summed E-state index contributed by atoms with van der Waals surface area (Å²) in [6.07, 6.45) is 0.954. The Kier molecular flexibility index (Phi) is 7.24. The predicted molar refractivity (Wildman–Crippen MR) is 102 cm³/mol. The maximum Gasteiger partial charge on any atom is 0.316 e. The van der Waals surface area contributed by atoms with Crippen molar-refractivity contribution in [2.75, 3.05) is 25.4 Å². The van der Waals surface area contributed by atoms with Gasteiger partial charge in [0.25, 0.3) is 5.69 Å². The van der Waals surface area contributed by atoms with Crippen LogP contribution < -0.4 is 0 Å². The number of benzene rings is 1. The lowest BCUT2D eigenvalue weighted by Crippen LogP contribution is -2.42. The third kappa shape index (κ3) is 5.43. The maximum absolute atomic E-state index is 12.9. The van der Waals surface area contributed by atoms with Gasteiger partial charge in [-0.3, -0.25) is 14.9 Å². The molecule has 0 aliphatic carbocycles. The number of sulfonamides is 1. The van der Waals surface area contributed by atoms with E-state index >= 15 is 0 Å². The molecule has 10 heteroatoms. The van der Waals surface area contributed by atoms with Gasteiger partial charge >= 0.3 is 5.97 Å². The summed E-state index contributed by atoms with van der Waals surface area (Å²) in [5.41, 5.74) is -0.330. The zero-order valence-corrected chi connectivity index (χ0v) is 17.2. The minimum absolute atomic E-state index is 0.0814. The Balaban J connectivity index is 2.28. The largest absolute Gasteiger partial charge is 0.465 e. The van der Waals surface area contributed by atoms with E-state index in [9.17, 15) is 23.3 Å². The van der Waals surface area contributed by atoms with E-state index in [2.05, 4.69) is 0 Å². The second-order valence-electron chi connectivity index (χ2n) is 6.75. The first kappa shape index (κ1) is 21.6. The molecule has 0 radical (unpaired) electrons. The molecule has 1 aliphatic heterocycles. The molecule has 1 aliphatic rings. The minimum atomic E-state index is -3.81. The molecule has 1 saturated heterocycles. The van der Waals surface area contributed by atoms with Gasteiger partial charge in [0.05, 0.1) is 27.1 Å². The zero-order chi connectivity index (χ0) is 20.2. The molecule has 0 saturated carbocycles. The molecule has 0 unspecified atom stereocenters. The third-order valence-electron chi connectivity index (χ3n) is 4.25. The number of esters is 1. The van der Waals surface area contributed by atoms with Gasteiger partial charge in [-0.1, -0.05) is 13.8 Å². The Morgan fingerprint density at radius 3 is 2.52 bits per heavy atom. The molecule has 2 atom stereocenters. The summed E-state index contributed by atoms with van der Waals surface area (Å²) in [5.74, 6) is -0.0947. The molecule has 0 amide bonds. The summed E-state index contributed by atoms with van der Waals surface area (Å²) < 4.78 is 32.1. The average molecular weight is 417 g/mol. The summed E-state index contributed by atoms with van der Waals surface area (Å²) in [5, 5.41) is 11.4. The summed E-state index contributed by atoms with van der Waals surface area (Å²) in [7, 11) is -3.81. The molecule has 8 nitrogen and oxygen atoms in total. The van der Waals surface area contributed by atoms with Crippen molar-refractivity contribution in [1.29, 1.82) is 0 Å². The second-order valence-corrected chi connectivity index (χ2v) is 9.70. The van der Waals surface area contributed by atoms with Crippen molar-refractivity contribution in [3.05, 3.63) is 28.3 Å². The van der Waals surface area contributed by atoms with E-state index in [1.54, 1.807) is 6.92 Å². The first-order valence-electron chi connectivity index (χ1n) is 8.72. The monoisotopic (exact) mass is 416 g/mol. The van der Waals surface area contributed by atoms with Crippen LogP contribution >= 0.6 is 11.8 Å². The van der Waals surface area contributed by atoms with Gasteiger partial charge in [0.15, 0.2) is 0 Å². The summed E-state index contributed by atoms with van der Waals surface area (Å²) in [4.78, 5) is 22.4. The van der Waals surface area contributed by atoms with Crippen LogP contribution in [0.4, 0.5) is 5.69 Å². The Hall–Kier alpha value is -1.65. The van der Waals surface area contributed by atoms with Gasteiger partial charge in [0.2, 0.25) is 10.0 Å². The molecule has 2 rings (SSSR count). The van der Waals surface area contributed by atoms with Crippen molar-refractivity contribution >= 4 is 33.4 Å². The van der Waals surface area contributed by atoms with Crippen LogP contribution in [0.5, 0.6) is 0 Å². The highest BCUT2D eigenvalue weighted by atomic mass is 32.2. The number of carbonyl (C=O) groups excluding carboxylic acids is 1. The highest BCUT2D eigenvalue weighted by Gasteiger charge is 2.33. The SMILES string of the molecule is CCOC(=O)CSc1ccc(S(=O)(=O)N2C[C@H](C)C[C@H](C)C2)cc1[N+](=O)[O-]. The standard InChI is InChI=1S/C17H24N2O6S2/c1-4-25-17(20)11-26-16-6-5-14(8-15(16)19(21)22)27(23,24)18-9-12(2)7-13(3)10-18/h5-6,8,12-13H,4,7,9-11H2,1-3H3/t12-,13+. The Bertz CT molecular complexity index is 802. The van der Waals surface area contributed by atoms with E-state index in [-0.39, 0.29) is 39.7 Å². The number of hydrogen-bond donors (Lipinski definition) is 0. The van der Waals surface area contributed by atoms with E-state index in [0.717, 1.165) is 24.2 Å². The average Bonchev–Trinajstić information content (AvgIpc) is 2.59. The zero-order valence-electron chi connectivity index (χ0n) is 15.6. The molecule has 1 aromatic carbocycles. The van der Waals surface area contributed by atoms with E-state index in [1.807, 2.05) is 13.8 Å². The van der Waals surface area contributed by atoms with Gasteiger partial charge < -0.3 is 4.74 Å². The number of piperidine rings is 1. The van der Waals surface area contributed by atoms with Crippen LogP contribution in [0.25, 0.3) is 0 Å². The van der Waals surface area contributed by atoms with Crippen molar-refractivity contribution < 1.29 is 22.9 Å². The molecule has 1 fully saturated rings. The highest BCUT2D eigenvalue weighted by Crippen LogP contribution is 2.33. The van der Waals surface area contributed by atoms with Gasteiger partial charge in [-0.2, -0.15) is 4.31 Å². The summed E-state index contributed by atoms with van der Waals surface area (Å²) in [6.45, 7) is 6.70. The summed E-state index contributed by atoms with van der Waals surface area (Å²) in [6, 6.07) is 3.82. The number of nitro groups is 1. The fourth-order valence-electron chi connectivity index (χ4n) is 3.21. The van der Waals surface area contributed by atoms with Crippen LogP contribution in [-0.4, -0.2) is 49.1 Å². The van der Waals surface area contributed by atoms with Crippen LogP contribution in [0.2, 0.25) is 0 Å². The number of hydrogen-bond acceptors (Lipinski definition) is 7. The molecule has 1 heterocycles. The number of ether oxygens (including phenoxy) is 1. The second kappa shape index (κ2) is 9.03. The maximum atomic E-state index is 12.9. The van der Waals surface area contributed by atoms with Crippen LogP contribution in [0.3, 0.4) is 0 Å². The molecule has 150 valence electrons. The minimum Gasteiger partial charge on any atom is -0.465 e. The van der Waals surface area contributed by atoms with Gasteiger partial charge in [-0.25, -0.2) is 8.42 Å². The fraction of sp³-hybridized carbons (Fsp3) is 0.588. The number of carbonyl (C=O) groups is 1. The number of nitro benzene ring substituents is 1. The first-order chi connectivity index (χ1) is 12.6. The topological polar surface area (TPSA) is 107 Å². The lowest BCUT2D eigenvalue weighted by Gasteiger charge is -2.34. The molecule has 1 aromatic rings. The van der Waals surface area contributed by atoms with E-state index < -0.39 is 20.9 Å². The van der Waals surface area contributed by atoms with Crippen molar-refractivity contribution in [2.45, 2.75) is 37.0 Å². The quantitative estimate of drug-likeness (QED) is 0.291. The molecule has 0 bridgehead atoms. The Morgan fingerprint density at radius 2 is 1.96 bits per heavy atom. The van der Waals surface area contributed by atoms with Crippen LogP contribution in [0.15, 0.2) is 28.0 Å². The van der Waals surface area contributed by atoms with Crippen molar-refractivity contribution in [1.82, 2.24) is 4.31 Å². The normalized spacial score (nSPS) is 21.0. The Labute approximate surface area is 163 Å². The van der Waals surface area contributed by atoms with E-state index in [4.69, 9.17) is 4.74 Å². The third-order valence-corrected chi connectivity index (χ3v) is 7.11. The number of thioether (sulfide) groups is 1. The van der Waals surface area contributed by atoms with E-state index in [1.165, 1.54) is 16.4 Å². The lowest BCUT2D eigenvalue weighted by atomic mass is 9.94. The van der Waals surface area contributed by atoms with Crippen LogP contribution in [0.1, 0.15) is 27.2 Å². The van der Waals surface area contributed by atoms with Gasteiger partial charge in [-0.15, -0.1) is 11.8 Å². The predicted octanol–water partition coefficient (Wildman–Crippen LogP) is 2.92. The lowest BCUT2D eigenvalue weighted by molar-refractivity contribution is -0.388. The molecular formula is C17H24N2O6S2. The molecule has 0 aromatic heterocycles. The van der Waals surface area contributed by atoms with Crippen LogP contribution in [-0.2, 0) is 19.6 Å². The number of nitrogens with zero attached hydrogens (tertiary/aromatic N) is 2. The van der Waals surface area contributed by atoms with Crippen molar-refractivity contribution in [3.8, 4) is 0 Å². The van der Waals surface area contributed by atoms with Gasteiger partial charge in [0.1, 0.15) is 0 Å². The molecule has 27 heavy (non-hydrogen) atoms. The van der Waals surface area contributed by atoms with Crippen molar-refractivity contribution in [2.24, 2.45) is 11.8 Å².